The zero-order chi connectivity index (χ0) is 23.3. The SMILES string of the molecule is [2H]C([2H])([2H])c1ncc2ccc(-c3cnc(NC(=O)C4CC(C)(C)OC(C)(C)C4)s3)cc2n1. The summed E-state index contributed by atoms with van der Waals surface area (Å²) in [5.74, 6) is -0.387. The van der Waals surface area contributed by atoms with E-state index in [4.69, 9.17) is 8.85 Å². The standard InChI is InChI=1S/C22H26N4O2S/c1-13-23-11-15-7-6-14(8-17(15)25-13)18-12-24-20(29-18)26-19(27)16-9-21(2,3)28-22(4,5)10-16/h6-8,11-12,16H,9-10H2,1-5H3,(H,24,26,27)/i1D3. The van der Waals surface area contributed by atoms with Crippen molar-refractivity contribution in [2.75, 3.05) is 5.32 Å². The van der Waals surface area contributed by atoms with E-state index in [2.05, 4.69) is 20.3 Å². The second-order valence-corrected chi connectivity index (χ2v) is 9.74. The van der Waals surface area contributed by atoms with Gasteiger partial charge in [0.2, 0.25) is 5.91 Å². The Balaban J connectivity index is 1.53. The summed E-state index contributed by atoms with van der Waals surface area (Å²) < 4.78 is 28.6. The molecule has 0 unspecified atom stereocenters. The number of amides is 1. The smallest absolute Gasteiger partial charge is 0.229 e. The van der Waals surface area contributed by atoms with E-state index in [1.54, 1.807) is 6.20 Å². The number of carbonyl (C=O) groups excluding carboxylic acids is 1. The molecule has 0 spiro atoms. The molecule has 0 aliphatic carbocycles. The topological polar surface area (TPSA) is 77.0 Å². The van der Waals surface area contributed by atoms with Crippen LogP contribution in [0.25, 0.3) is 21.3 Å². The first-order valence-electron chi connectivity index (χ1n) is 11.1. The molecule has 7 heteroatoms. The maximum Gasteiger partial charge on any atom is 0.229 e. The summed E-state index contributed by atoms with van der Waals surface area (Å²) in [6, 6.07) is 5.57. The van der Waals surface area contributed by atoms with Crippen LogP contribution in [0.1, 0.15) is 50.5 Å². The maximum atomic E-state index is 12.9. The maximum absolute atomic E-state index is 12.9. The second-order valence-electron chi connectivity index (χ2n) is 8.71. The molecule has 0 bridgehead atoms. The van der Waals surface area contributed by atoms with Crippen LogP contribution in [0, 0.1) is 12.8 Å². The monoisotopic (exact) mass is 413 g/mol. The summed E-state index contributed by atoms with van der Waals surface area (Å²) >= 11 is 1.37. The van der Waals surface area contributed by atoms with Gasteiger partial charge in [-0.2, -0.15) is 0 Å². The van der Waals surface area contributed by atoms with Gasteiger partial charge in [0.1, 0.15) is 5.82 Å². The molecule has 3 heterocycles. The van der Waals surface area contributed by atoms with Crippen LogP contribution in [0.4, 0.5) is 5.13 Å². The average molecular weight is 414 g/mol. The van der Waals surface area contributed by atoms with Gasteiger partial charge in [-0.05, 0) is 59.0 Å². The predicted octanol–water partition coefficient (Wildman–Crippen LogP) is 4.98. The van der Waals surface area contributed by atoms with Gasteiger partial charge >= 0.3 is 0 Å². The third-order valence-electron chi connectivity index (χ3n) is 5.00. The minimum atomic E-state index is -2.36. The zero-order valence-corrected chi connectivity index (χ0v) is 17.8. The van der Waals surface area contributed by atoms with Gasteiger partial charge in [0, 0.05) is 27.8 Å². The highest BCUT2D eigenvalue weighted by atomic mass is 32.1. The molecule has 2 aromatic heterocycles. The zero-order valence-electron chi connectivity index (χ0n) is 19.9. The molecule has 3 aromatic rings. The number of hydrogen-bond acceptors (Lipinski definition) is 6. The Bertz CT molecular complexity index is 1160. The van der Waals surface area contributed by atoms with Crippen molar-refractivity contribution < 1.29 is 13.6 Å². The Morgan fingerprint density at radius 1 is 1.21 bits per heavy atom. The normalized spacial score (nSPS) is 20.6. The number of benzene rings is 1. The quantitative estimate of drug-likeness (QED) is 0.655. The van der Waals surface area contributed by atoms with Gasteiger partial charge in [-0.1, -0.05) is 23.5 Å². The minimum absolute atomic E-state index is 0.0519. The molecule has 1 amide bonds. The number of carbonyl (C=O) groups is 1. The molecule has 0 saturated carbocycles. The number of aryl methyl sites for hydroxylation is 1. The van der Waals surface area contributed by atoms with E-state index in [-0.39, 0.29) is 28.9 Å². The Morgan fingerprint density at radius 2 is 1.97 bits per heavy atom. The van der Waals surface area contributed by atoms with Crippen molar-refractivity contribution in [2.24, 2.45) is 5.92 Å². The molecule has 1 aromatic carbocycles. The molecule has 1 aliphatic rings. The lowest BCUT2D eigenvalue weighted by molar-refractivity contribution is -0.176. The third kappa shape index (κ3) is 4.46. The number of nitrogens with one attached hydrogen (secondary N) is 1. The highest BCUT2D eigenvalue weighted by Crippen LogP contribution is 2.39. The number of nitrogens with zero attached hydrogens (tertiary/aromatic N) is 3. The van der Waals surface area contributed by atoms with E-state index >= 15 is 0 Å². The van der Waals surface area contributed by atoms with Crippen LogP contribution >= 0.6 is 11.3 Å². The summed E-state index contributed by atoms with van der Waals surface area (Å²) in [6.45, 7) is 5.68. The molecule has 0 radical (unpaired) electrons. The van der Waals surface area contributed by atoms with Crippen molar-refractivity contribution >= 4 is 33.3 Å². The molecule has 152 valence electrons. The summed E-state index contributed by atoms with van der Waals surface area (Å²) in [7, 11) is 0. The van der Waals surface area contributed by atoms with Crippen molar-refractivity contribution in [1.82, 2.24) is 15.0 Å². The van der Waals surface area contributed by atoms with Crippen LogP contribution in [0.15, 0.2) is 30.6 Å². The third-order valence-corrected chi connectivity index (χ3v) is 5.96. The molecule has 1 saturated heterocycles. The van der Waals surface area contributed by atoms with Crippen LogP contribution in [0.2, 0.25) is 0 Å². The molecule has 1 N–H and O–H groups in total. The average Bonchev–Trinajstić information content (AvgIpc) is 3.12. The van der Waals surface area contributed by atoms with Crippen LogP contribution in [0.5, 0.6) is 0 Å². The molecular weight excluding hydrogens is 384 g/mol. The largest absolute Gasteiger partial charge is 0.370 e. The first kappa shape index (κ1) is 16.4. The molecule has 4 rings (SSSR count). The summed E-state index contributed by atoms with van der Waals surface area (Å²) in [4.78, 5) is 26.3. The van der Waals surface area contributed by atoms with E-state index in [1.165, 1.54) is 17.5 Å². The highest BCUT2D eigenvalue weighted by molar-refractivity contribution is 7.19. The van der Waals surface area contributed by atoms with E-state index in [0.29, 0.717) is 23.5 Å². The van der Waals surface area contributed by atoms with E-state index in [1.807, 2.05) is 45.9 Å². The second kappa shape index (κ2) is 7.15. The number of ether oxygens (including phenoxy) is 1. The van der Waals surface area contributed by atoms with Crippen LogP contribution in [-0.2, 0) is 9.53 Å². The van der Waals surface area contributed by atoms with Gasteiger partial charge in [-0.3, -0.25) is 4.79 Å². The Kier molecular flexibility index (Phi) is 4.05. The lowest BCUT2D eigenvalue weighted by Crippen LogP contribution is -2.48. The van der Waals surface area contributed by atoms with Gasteiger partial charge in [0.15, 0.2) is 5.13 Å². The van der Waals surface area contributed by atoms with E-state index < -0.39 is 6.85 Å². The van der Waals surface area contributed by atoms with Gasteiger partial charge in [0.25, 0.3) is 0 Å². The van der Waals surface area contributed by atoms with Crippen molar-refractivity contribution in [1.29, 1.82) is 0 Å². The lowest BCUT2D eigenvalue weighted by Gasteiger charge is -2.44. The predicted molar refractivity (Wildman–Crippen MR) is 116 cm³/mol. The Morgan fingerprint density at radius 3 is 2.69 bits per heavy atom. The van der Waals surface area contributed by atoms with Crippen molar-refractivity contribution in [2.45, 2.75) is 58.6 Å². The molecule has 1 aliphatic heterocycles. The van der Waals surface area contributed by atoms with Gasteiger partial charge in [-0.25, -0.2) is 15.0 Å². The van der Waals surface area contributed by atoms with Gasteiger partial charge < -0.3 is 10.1 Å². The fraction of sp³-hybridized carbons (Fsp3) is 0.455. The molecule has 29 heavy (non-hydrogen) atoms. The highest BCUT2D eigenvalue weighted by Gasteiger charge is 2.42. The van der Waals surface area contributed by atoms with E-state index in [9.17, 15) is 4.79 Å². The molecule has 6 nitrogen and oxygen atoms in total. The van der Waals surface area contributed by atoms with Gasteiger partial charge in [0.05, 0.1) is 21.6 Å². The first-order valence-corrected chi connectivity index (χ1v) is 10.4. The fourth-order valence-electron chi connectivity index (χ4n) is 4.13. The van der Waals surface area contributed by atoms with Crippen molar-refractivity contribution in [3.05, 3.63) is 36.4 Å². The lowest BCUT2D eigenvalue weighted by atomic mass is 9.80. The summed E-state index contributed by atoms with van der Waals surface area (Å²) in [5.41, 5.74) is 0.671. The molecule has 0 atom stereocenters. The van der Waals surface area contributed by atoms with Gasteiger partial charge in [-0.15, -0.1) is 0 Å². The molecule has 1 fully saturated rings. The van der Waals surface area contributed by atoms with Crippen molar-refractivity contribution in [3.63, 3.8) is 0 Å². The van der Waals surface area contributed by atoms with Crippen molar-refractivity contribution in [3.8, 4) is 10.4 Å². The fourth-order valence-corrected chi connectivity index (χ4v) is 4.94. The number of thiazole rings is 1. The summed E-state index contributed by atoms with van der Waals surface area (Å²) in [6.07, 6.45) is 4.52. The summed E-state index contributed by atoms with van der Waals surface area (Å²) in [5, 5.41) is 4.24. The first-order chi connectivity index (χ1) is 14.8. The number of fused-ring (bicyclic) bond motifs is 1. The number of rotatable bonds is 3. The van der Waals surface area contributed by atoms with Crippen LogP contribution in [-0.4, -0.2) is 32.1 Å². The minimum Gasteiger partial charge on any atom is -0.370 e. The Hall–Kier alpha value is -2.38. The van der Waals surface area contributed by atoms with E-state index in [0.717, 1.165) is 15.8 Å². The number of hydrogen-bond donors (Lipinski definition) is 1. The number of aromatic nitrogens is 3. The Labute approximate surface area is 179 Å². The van der Waals surface area contributed by atoms with Crippen LogP contribution < -0.4 is 5.32 Å². The number of anilines is 1. The van der Waals surface area contributed by atoms with Crippen LogP contribution in [0.3, 0.4) is 0 Å². The molecular formula is C22H26N4O2S.